The highest BCUT2D eigenvalue weighted by Gasteiger charge is 2.15. The molecule has 1 saturated heterocycles. The first kappa shape index (κ1) is 21.9. The maximum atomic E-state index is 12.0. The third-order valence-electron chi connectivity index (χ3n) is 5.65. The zero-order valence-electron chi connectivity index (χ0n) is 17.7. The molecule has 1 aliphatic heterocycles. The molecule has 0 spiro atoms. The monoisotopic (exact) mass is 404 g/mol. The van der Waals surface area contributed by atoms with Crippen LogP contribution in [0.3, 0.4) is 0 Å². The van der Waals surface area contributed by atoms with Crippen molar-refractivity contribution in [3.63, 3.8) is 0 Å². The lowest BCUT2D eigenvalue weighted by Crippen LogP contribution is -2.45. The van der Waals surface area contributed by atoms with Gasteiger partial charge in [0.15, 0.2) is 0 Å². The van der Waals surface area contributed by atoms with Crippen molar-refractivity contribution in [2.45, 2.75) is 38.2 Å². The largest absolute Gasteiger partial charge is 0.492 e. The molecular formula is C22H36N4O3. The second-order valence-electron chi connectivity index (χ2n) is 8.03. The van der Waals surface area contributed by atoms with Gasteiger partial charge in [-0.3, -0.25) is 4.90 Å². The molecule has 1 aromatic rings. The van der Waals surface area contributed by atoms with Crippen molar-refractivity contribution in [3.8, 4) is 5.75 Å². The normalized spacial score (nSPS) is 18.7. The first-order valence-electron chi connectivity index (χ1n) is 11.0. The molecule has 1 aromatic carbocycles. The van der Waals surface area contributed by atoms with Crippen molar-refractivity contribution < 1.29 is 14.3 Å². The Morgan fingerprint density at radius 1 is 1.07 bits per heavy atom. The second-order valence-corrected chi connectivity index (χ2v) is 8.03. The number of piperazine rings is 1. The number of likely N-dealkylation sites (N-methyl/N-ethyl adjacent to an activating group) is 1. The third kappa shape index (κ3) is 8.20. The minimum atomic E-state index is -0.186. The molecule has 2 fully saturated rings. The highest BCUT2D eigenvalue weighted by atomic mass is 16.5. The van der Waals surface area contributed by atoms with Crippen molar-refractivity contribution >= 4 is 11.7 Å². The van der Waals surface area contributed by atoms with Crippen LogP contribution in [-0.2, 0) is 4.74 Å². The lowest BCUT2D eigenvalue weighted by molar-refractivity contribution is 0.0572. The Bertz CT molecular complexity index is 597. The molecule has 3 rings (SSSR count). The zero-order chi connectivity index (χ0) is 20.3. The first-order valence-corrected chi connectivity index (χ1v) is 11.0. The molecule has 0 radical (unpaired) electrons. The van der Waals surface area contributed by atoms with E-state index in [9.17, 15) is 4.79 Å². The lowest BCUT2D eigenvalue weighted by Gasteiger charge is -2.32. The molecule has 29 heavy (non-hydrogen) atoms. The fraction of sp³-hybridized carbons (Fsp3) is 0.682. The summed E-state index contributed by atoms with van der Waals surface area (Å²) in [6.45, 7) is 7.40. The molecule has 7 nitrogen and oxygen atoms in total. The molecule has 1 aliphatic carbocycles. The van der Waals surface area contributed by atoms with E-state index in [4.69, 9.17) is 9.47 Å². The smallest absolute Gasteiger partial charge is 0.319 e. The van der Waals surface area contributed by atoms with E-state index in [1.807, 2.05) is 24.3 Å². The van der Waals surface area contributed by atoms with Gasteiger partial charge in [0.25, 0.3) is 0 Å². The average molecular weight is 405 g/mol. The van der Waals surface area contributed by atoms with E-state index >= 15 is 0 Å². The Labute approximate surface area is 174 Å². The van der Waals surface area contributed by atoms with E-state index in [2.05, 4.69) is 27.5 Å². The van der Waals surface area contributed by atoms with Crippen molar-refractivity contribution in [1.82, 2.24) is 15.1 Å². The van der Waals surface area contributed by atoms with Crippen LogP contribution in [0.1, 0.15) is 32.1 Å². The molecule has 0 aromatic heterocycles. The van der Waals surface area contributed by atoms with E-state index in [-0.39, 0.29) is 6.03 Å². The number of nitrogens with one attached hydrogen (secondary N) is 2. The quantitative estimate of drug-likeness (QED) is 0.587. The summed E-state index contributed by atoms with van der Waals surface area (Å²) < 4.78 is 11.6. The molecule has 7 heteroatoms. The summed E-state index contributed by atoms with van der Waals surface area (Å²) in [6, 6.07) is 7.35. The molecule has 162 valence electrons. The minimum absolute atomic E-state index is 0.186. The van der Waals surface area contributed by atoms with Crippen LogP contribution in [0.5, 0.6) is 5.75 Å². The molecule has 2 amide bonds. The summed E-state index contributed by atoms with van der Waals surface area (Å²) >= 11 is 0. The Hall–Kier alpha value is -1.83. The highest BCUT2D eigenvalue weighted by molar-refractivity contribution is 5.89. The Morgan fingerprint density at radius 2 is 1.79 bits per heavy atom. The zero-order valence-corrected chi connectivity index (χ0v) is 17.7. The fourth-order valence-corrected chi connectivity index (χ4v) is 3.75. The lowest BCUT2D eigenvalue weighted by atomic mass is 10.3. The van der Waals surface area contributed by atoms with Crippen molar-refractivity contribution in [2.24, 2.45) is 0 Å². The molecule has 0 bridgehead atoms. The van der Waals surface area contributed by atoms with Gasteiger partial charge >= 0.3 is 6.03 Å². The third-order valence-corrected chi connectivity index (χ3v) is 5.65. The Kier molecular flexibility index (Phi) is 9.05. The number of urea groups is 1. The Balaban J connectivity index is 1.24. The maximum absolute atomic E-state index is 12.0. The van der Waals surface area contributed by atoms with Crippen molar-refractivity contribution in [2.75, 3.05) is 64.8 Å². The Morgan fingerprint density at radius 3 is 2.52 bits per heavy atom. The SMILES string of the molecule is CN1CCN(CCOc2ccc(NC(=O)NCCCOC3CCCC3)cc2)CC1. The molecule has 1 saturated carbocycles. The van der Waals surface area contributed by atoms with E-state index in [0.717, 1.165) is 50.6 Å². The summed E-state index contributed by atoms with van der Waals surface area (Å²) in [4.78, 5) is 16.8. The van der Waals surface area contributed by atoms with Gasteiger partial charge in [-0.2, -0.15) is 0 Å². The van der Waals surface area contributed by atoms with Crippen LogP contribution in [-0.4, -0.2) is 81.5 Å². The summed E-state index contributed by atoms with van der Waals surface area (Å²) in [5, 5.41) is 5.73. The number of carbonyl (C=O) groups is 1. The first-order chi connectivity index (χ1) is 14.2. The van der Waals surface area contributed by atoms with Gasteiger partial charge in [-0.15, -0.1) is 0 Å². The molecule has 0 unspecified atom stereocenters. The fourth-order valence-electron chi connectivity index (χ4n) is 3.75. The molecular weight excluding hydrogens is 368 g/mol. The average Bonchev–Trinajstić information content (AvgIpc) is 3.24. The number of ether oxygens (including phenoxy) is 2. The van der Waals surface area contributed by atoms with Crippen molar-refractivity contribution in [1.29, 1.82) is 0 Å². The highest BCUT2D eigenvalue weighted by Crippen LogP contribution is 2.20. The van der Waals surface area contributed by atoms with Gasteiger partial charge in [0.1, 0.15) is 12.4 Å². The number of amides is 2. The van der Waals surface area contributed by atoms with E-state index in [0.29, 0.717) is 25.9 Å². The van der Waals surface area contributed by atoms with E-state index in [1.165, 1.54) is 25.7 Å². The molecule has 0 atom stereocenters. The summed E-state index contributed by atoms with van der Waals surface area (Å²) in [7, 11) is 2.16. The van der Waals surface area contributed by atoms with Crippen LogP contribution in [0.15, 0.2) is 24.3 Å². The standard InChI is InChI=1S/C22H36N4O3/c1-25-12-14-26(15-13-25)16-18-29-21-9-7-19(8-10-21)24-22(27)23-11-4-17-28-20-5-2-3-6-20/h7-10,20H,2-6,11-18H2,1H3,(H2,23,24,27). The summed E-state index contributed by atoms with van der Waals surface area (Å²) in [5.74, 6) is 0.828. The van der Waals surface area contributed by atoms with Crippen LogP contribution in [0.4, 0.5) is 10.5 Å². The van der Waals surface area contributed by atoms with Gasteiger partial charge in [0.2, 0.25) is 0 Å². The number of hydrogen-bond acceptors (Lipinski definition) is 5. The number of carbonyl (C=O) groups excluding carboxylic acids is 1. The van der Waals surface area contributed by atoms with Gasteiger partial charge in [-0.25, -0.2) is 4.79 Å². The van der Waals surface area contributed by atoms with Crippen LogP contribution >= 0.6 is 0 Å². The predicted molar refractivity (Wildman–Crippen MR) is 116 cm³/mol. The molecule has 2 N–H and O–H groups in total. The summed E-state index contributed by atoms with van der Waals surface area (Å²) in [6.07, 6.45) is 6.21. The number of hydrogen-bond donors (Lipinski definition) is 2. The second kappa shape index (κ2) is 12.0. The number of anilines is 1. The maximum Gasteiger partial charge on any atom is 0.319 e. The van der Waals surface area contributed by atoms with Gasteiger partial charge in [-0.1, -0.05) is 12.8 Å². The van der Waals surface area contributed by atoms with Crippen LogP contribution < -0.4 is 15.4 Å². The van der Waals surface area contributed by atoms with Crippen LogP contribution in [0, 0.1) is 0 Å². The van der Waals surface area contributed by atoms with Gasteiger partial charge in [-0.05, 0) is 50.6 Å². The molecule has 2 aliphatic rings. The van der Waals surface area contributed by atoms with Crippen molar-refractivity contribution in [3.05, 3.63) is 24.3 Å². The van der Waals surface area contributed by atoms with Gasteiger partial charge in [0, 0.05) is 51.6 Å². The van der Waals surface area contributed by atoms with Crippen LogP contribution in [0.25, 0.3) is 0 Å². The molecule has 1 heterocycles. The number of benzene rings is 1. The van der Waals surface area contributed by atoms with E-state index < -0.39 is 0 Å². The summed E-state index contributed by atoms with van der Waals surface area (Å²) in [5.41, 5.74) is 0.760. The van der Waals surface area contributed by atoms with Gasteiger partial charge in [0.05, 0.1) is 6.10 Å². The number of rotatable bonds is 10. The minimum Gasteiger partial charge on any atom is -0.492 e. The van der Waals surface area contributed by atoms with Gasteiger partial charge < -0.3 is 25.0 Å². The topological polar surface area (TPSA) is 66.1 Å². The van der Waals surface area contributed by atoms with Crippen LogP contribution in [0.2, 0.25) is 0 Å². The van der Waals surface area contributed by atoms with E-state index in [1.54, 1.807) is 0 Å². The number of nitrogens with zero attached hydrogens (tertiary/aromatic N) is 2. The predicted octanol–water partition coefficient (Wildman–Crippen LogP) is 2.78.